The maximum atomic E-state index is 12.3. The number of nitrogens with one attached hydrogen (secondary N) is 1. The number of carboxylic acid groups (broad SMARTS) is 1. The van der Waals surface area contributed by atoms with Crippen LogP contribution in [0.1, 0.15) is 48.9 Å². The van der Waals surface area contributed by atoms with Crippen molar-refractivity contribution in [2.45, 2.75) is 44.1 Å². The van der Waals surface area contributed by atoms with E-state index in [2.05, 4.69) is 27.9 Å². The zero-order valence-corrected chi connectivity index (χ0v) is 13.4. The van der Waals surface area contributed by atoms with Crippen LogP contribution in [-0.4, -0.2) is 22.5 Å². The van der Waals surface area contributed by atoms with Crippen LogP contribution in [-0.2, 0) is 4.79 Å². The number of halogens is 1. The molecule has 2 N–H and O–H groups in total. The van der Waals surface area contributed by atoms with E-state index in [1.54, 1.807) is 12.1 Å². The zero-order valence-electron chi connectivity index (χ0n) is 11.2. The largest absolute Gasteiger partial charge is 0.481 e. The quantitative estimate of drug-likeness (QED) is 0.780. The number of amides is 1. The Labute approximate surface area is 132 Å². The molecule has 0 unspecified atom stereocenters. The summed E-state index contributed by atoms with van der Waals surface area (Å²) in [5, 5.41) is 12.1. The lowest BCUT2D eigenvalue weighted by molar-refractivity contribution is -0.139. The fourth-order valence-electron chi connectivity index (χ4n) is 2.78. The maximum absolute atomic E-state index is 12.3. The van der Waals surface area contributed by atoms with Crippen molar-refractivity contribution in [2.24, 2.45) is 0 Å². The highest BCUT2D eigenvalue weighted by Gasteiger charge is 2.35. The number of hydrogen-bond donors (Lipinski definition) is 2. The van der Waals surface area contributed by atoms with E-state index in [1.807, 2.05) is 12.1 Å². The molecule has 2 rings (SSSR count). The first-order valence-electron chi connectivity index (χ1n) is 6.81. The van der Waals surface area contributed by atoms with E-state index in [4.69, 9.17) is 5.11 Å². The summed E-state index contributed by atoms with van der Waals surface area (Å²) >= 11 is 2.18. The van der Waals surface area contributed by atoms with Gasteiger partial charge in [-0.25, -0.2) is 0 Å². The number of hydrogen-bond acceptors (Lipinski definition) is 2. The number of benzene rings is 1. The van der Waals surface area contributed by atoms with Crippen molar-refractivity contribution < 1.29 is 14.7 Å². The van der Waals surface area contributed by atoms with Gasteiger partial charge in [-0.05, 0) is 59.7 Å². The molecule has 1 aliphatic rings. The average molecular weight is 387 g/mol. The Kier molecular flexibility index (Phi) is 5.01. The van der Waals surface area contributed by atoms with Gasteiger partial charge >= 0.3 is 5.97 Å². The van der Waals surface area contributed by atoms with Gasteiger partial charge in [-0.15, -0.1) is 0 Å². The van der Waals surface area contributed by atoms with Crippen LogP contribution in [0.25, 0.3) is 0 Å². The van der Waals surface area contributed by atoms with Gasteiger partial charge in [0, 0.05) is 9.13 Å². The van der Waals surface area contributed by atoms with Gasteiger partial charge < -0.3 is 10.4 Å². The first kappa shape index (κ1) is 15.3. The molecule has 1 fully saturated rings. The van der Waals surface area contributed by atoms with Gasteiger partial charge in [0.1, 0.15) is 0 Å². The summed E-state index contributed by atoms with van der Waals surface area (Å²) in [6, 6.07) is 7.29. The van der Waals surface area contributed by atoms with E-state index < -0.39 is 11.5 Å². The summed E-state index contributed by atoms with van der Waals surface area (Å²) in [4.78, 5) is 23.4. The first-order valence-corrected chi connectivity index (χ1v) is 7.89. The molecule has 0 bridgehead atoms. The van der Waals surface area contributed by atoms with E-state index in [0.717, 1.165) is 35.7 Å². The molecule has 1 saturated carbocycles. The lowest BCUT2D eigenvalue weighted by atomic mass is 9.79. The minimum atomic E-state index is -0.852. The second kappa shape index (κ2) is 6.56. The Morgan fingerprint density at radius 1 is 1.15 bits per heavy atom. The first-order chi connectivity index (χ1) is 9.51. The normalized spacial score (nSPS) is 17.4. The van der Waals surface area contributed by atoms with Crippen molar-refractivity contribution >= 4 is 34.5 Å². The lowest BCUT2D eigenvalue weighted by Gasteiger charge is -2.37. The SMILES string of the molecule is O=C(O)CC1(NC(=O)c2ccc(I)cc2)CCCCC1. The van der Waals surface area contributed by atoms with Crippen molar-refractivity contribution in [3.8, 4) is 0 Å². The number of carboxylic acids is 1. The van der Waals surface area contributed by atoms with Crippen molar-refractivity contribution in [3.63, 3.8) is 0 Å². The van der Waals surface area contributed by atoms with E-state index >= 15 is 0 Å². The van der Waals surface area contributed by atoms with Crippen molar-refractivity contribution in [2.75, 3.05) is 0 Å². The van der Waals surface area contributed by atoms with Gasteiger partial charge in [-0.1, -0.05) is 19.3 Å². The third kappa shape index (κ3) is 3.94. The van der Waals surface area contributed by atoms with Crippen molar-refractivity contribution in [3.05, 3.63) is 33.4 Å². The Morgan fingerprint density at radius 2 is 1.75 bits per heavy atom. The van der Waals surface area contributed by atoms with Crippen LogP contribution in [0.15, 0.2) is 24.3 Å². The Morgan fingerprint density at radius 3 is 2.30 bits per heavy atom. The molecule has 20 heavy (non-hydrogen) atoms. The molecule has 0 radical (unpaired) electrons. The Hall–Kier alpha value is -1.11. The summed E-state index contributed by atoms with van der Waals surface area (Å²) < 4.78 is 1.07. The van der Waals surface area contributed by atoms with Crippen LogP contribution in [0.4, 0.5) is 0 Å². The number of carbonyl (C=O) groups excluding carboxylic acids is 1. The van der Waals surface area contributed by atoms with Gasteiger partial charge in [0.2, 0.25) is 0 Å². The molecule has 0 spiro atoms. The molecule has 1 aromatic carbocycles. The Balaban J connectivity index is 2.12. The third-order valence-corrected chi connectivity index (χ3v) is 4.50. The van der Waals surface area contributed by atoms with Gasteiger partial charge in [0.15, 0.2) is 0 Å². The molecule has 1 amide bonds. The number of rotatable bonds is 4. The molecular formula is C15H18INO3. The van der Waals surface area contributed by atoms with Crippen LogP contribution in [0, 0.1) is 3.57 Å². The smallest absolute Gasteiger partial charge is 0.305 e. The summed E-state index contributed by atoms with van der Waals surface area (Å²) in [7, 11) is 0. The summed E-state index contributed by atoms with van der Waals surface area (Å²) in [5.41, 5.74) is 0.00483. The molecule has 0 aliphatic heterocycles. The van der Waals surface area contributed by atoms with Gasteiger partial charge in [-0.2, -0.15) is 0 Å². The lowest BCUT2D eigenvalue weighted by Crippen LogP contribution is -2.51. The predicted octanol–water partition coefficient (Wildman–Crippen LogP) is 3.20. The maximum Gasteiger partial charge on any atom is 0.305 e. The molecule has 0 saturated heterocycles. The second-order valence-electron chi connectivity index (χ2n) is 5.37. The molecule has 0 atom stereocenters. The molecule has 0 aromatic heterocycles. The Bertz CT molecular complexity index is 492. The van der Waals surface area contributed by atoms with Gasteiger partial charge in [0.25, 0.3) is 5.91 Å². The molecule has 1 aromatic rings. The highest BCUT2D eigenvalue weighted by molar-refractivity contribution is 14.1. The van der Waals surface area contributed by atoms with Crippen molar-refractivity contribution in [1.82, 2.24) is 5.32 Å². The second-order valence-corrected chi connectivity index (χ2v) is 6.62. The topological polar surface area (TPSA) is 66.4 Å². The fraction of sp³-hybridized carbons (Fsp3) is 0.467. The molecule has 5 heteroatoms. The highest BCUT2D eigenvalue weighted by atomic mass is 127. The van der Waals surface area contributed by atoms with E-state index in [-0.39, 0.29) is 12.3 Å². The predicted molar refractivity (Wildman–Crippen MR) is 84.7 cm³/mol. The zero-order chi connectivity index (χ0) is 14.6. The van der Waals surface area contributed by atoms with Crippen LogP contribution < -0.4 is 5.32 Å². The summed E-state index contributed by atoms with van der Waals surface area (Å²) in [6.07, 6.45) is 4.55. The van der Waals surface area contributed by atoms with Crippen LogP contribution in [0.3, 0.4) is 0 Å². The summed E-state index contributed by atoms with van der Waals surface area (Å²) in [6.45, 7) is 0. The summed E-state index contributed by atoms with van der Waals surface area (Å²) in [5.74, 6) is -1.03. The molecule has 1 aliphatic carbocycles. The van der Waals surface area contributed by atoms with Crippen molar-refractivity contribution in [1.29, 1.82) is 0 Å². The highest BCUT2D eigenvalue weighted by Crippen LogP contribution is 2.31. The average Bonchev–Trinajstić information content (AvgIpc) is 2.39. The monoisotopic (exact) mass is 387 g/mol. The van der Waals surface area contributed by atoms with Gasteiger partial charge in [-0.3, -0.25) is 9.59 Å². The van der Waals surface area contributed by atoms with E-state index in [9.17, 15) is 9.59 Å². The number of carbonyl (C=O) groups is 2. The number of aliphatic carboxylic acids is 1. The minimum absolute atomic E-state index is 0.00308. The van der Waals surface area contributed by atoms with Crippen LogP contribution >= 0.6 is 22.6 Å². The fourth-order valence-corrected chi connectivity index (χ4v) is 3.14. The minimum Gasteiger partial charge on any atom is -0.481 e. The molecule has 0 heterocycles. The van der Waals surface area contributed by atoms with E-state index in [0.29, 0.717) is 5.56 Å². The molecule has 108 valence electrons. The molecular weight excluding hydrogens is 369 g/mol. The van der Waals surface area contributed by atoms with Gasteiger partial charge in [0.05, 0.1) is 12.0 Å². The van der Waals surface area contributed by atoms with Crippen LogP contribution in [0.2, 0.25) is 0 Å². The van der Waals surface area contributed by atoms with Crippen LogP contribution in [0.5, 0.6) is 0 Å². The standard InChI is InChI=1S/C15H18INO3/c16-12-6-4-11(5-7-12)14(20)17-15(10-13(18)19)8-2-1-3-9-15/h4-7H,1-3,8-10H2,(H,17,20)(H,18,19). The molecule has 4 nitrogen and oxygen atoms in total. The third-order valence-electron chi connectivity index (χ3n) is 3.79. The van der Waals surface area contributed by atoms with E-state index in [1.165, 1.54) is 0 Å².